The minimum absolute atomic E-state index is 0.00332. The molecule has 2 heterocycles. The molecule has 2 aliphatic rings. The summed E-state index contributed by atoms with van der Waals surface area (Å²) in [6.45, 7) is 0.775. The van der Waals surface area contributed by atoms with Crippen LogP contribution in [-0.2, 0) is 9.59 Å². The van der Waals surface area contributed by atoms with Crippen molar-refractivity contribution in [1.82, 2.24) is 15.1 Å². The molecule has 2 fully saturated rings. The van der Waals surface area contributed by atoms with Gasteiger partial charge in [0.05, 0.1) is 6.42 Å². The van der Waals surface area contributed by atoms with Crippen LogP contribution in [0.25, 0.3) is 0 Å². The van der Waals surface area contributed by atoms with Gasteiger partial charge >= 0.3 is 12.4 Å². The molecule has 152 valence electrons. The maximum Gasteiger partial charge on any atom is 0.573 e. The zero-order valence-electron chi connectivity index (χ0n) is 15.2. The van der Waals surface area contributed by atoms with E-state index in [9.17, 15) is 27.6 Å². The number of hydrogen-bond donors (Lipinski definition) is 1. The lowest BCUT2D eigenvalue weighted by molar-refractivity contribution is -0.274. The summed E-state index contributed by atoms with van der Waals surface area (Å²) in [7, 11) is 1.44. The summed E-state index contributed by atoms with van der Waals surface area (Å²) >= 11 is 0. The van der Waals surface area contributed by atoms with Crippen molar-refractivity contribution in [3.05, 3.63) is 29.8 Å². The van der Waals surface area contributed by atoms with Gasteiger partial charge in [-0.1, -0.05) is 12.1 Å². The second-order valence-corrected chi connectivity index (χ2v) is 6.78. The van der Waals surface area contributed by atoms with Gasteiger partial charge in [0.25, 0.3) is 0 Å². The Labute approximate surface area is 159 Å². The molecule has 1 aromatic carbocycles. The van der Waals surface area contributed by atoms with E-state index in [1.165, 1.54) is 24.1 Å². The van der Waals surface area contributed by atoms with E-state index in [1.807, 2.05) is 0 Å². The van der Waals surface area contributed by atoms with Gasteiger partial charge in [-0.15, -0.1) is 13.2 Å². The molecule has 1 aromatic rings. The minimum atomic E-state index is -4.75. The Balaban J connectivity index is 1.66. The molecule has 2 atom stereocenters. The summed E-state index contributed by atoms with van der Waals surface area (Å²) in [4.78, 5) is 38.8. The first-order valence-corrected chi connectivity index (χ1v) is 8.88. The number of benzene rings is 1. The lowest BCUT2D eigenvalue weighted by Gasteiger charge is -2.42. The Morgan fingerprint density at radius 1 is 1.21 bits per heavy atom. The van der Waals surface area contributed by atoms with Crippen LogP contribution in [0.2, 0.25) is 0 Å². The van der Waals surface area contributed by atoms with E-state index in [2.05, 4.69) is 10.1 Å². The Bertz CT molecular complexity index is 766. The number of hydrogen-bond acceptors (Lipinski definition) is 4. The highest BCUT2D eigenvalue weighted by Gasteiger charge is 2.47. The molecular formula is C18H20F3N3O4. The van der Waals surface area contributed by atoms with E-state index in [4.69, 9.17) is 0 Å². The quantitative estimate of drug-likeness (QED) is 0.791. The molecule has 2 aliphatic heterocycles. The third-order valence-electron chi connectivity index (χ3n) is 4.98. The minimum Gasteiger partial charge on any atom is -0.406 e. The number of nitrogens with zero attached hydrogens (tertiary/aromatic N) is 2. The summed E-state index contributed by atoms with van der Waals surface area (Å²) in [5.74, 6) is -1.16. The molecular weight excluding hydrogens is 379 g/mol. The van der Waals surface area contributed by atoms with Crippen molar-refractivity contribution in [2.45, 2.75) is 37.6 Å². The number of carbonyl (C=O) groups excluding carboxylic acids is 3. The van der Waals surface area contributed by atoms with Crippen LogP contribution in [0.4, 0.5) is 18.0 Å². The number of piperidine rings is 1. The number of β-lactam (4-membered cyclic amide) rings is 1. The SMILES string of the molecule is CNC(=O)C1CC(=O)N1C(=O)N1CCCC(c2ccc(OC(F)(F)F)cc2)C1. The van der Waals surface area contributed by atoms with Gasteiger partial charge in [-0.2, -0.15) is 0 Å². The Morgan fingerprint density at radius 3 is 2.46 bits per heavy atom. The van der Waals surface area contributed by atoms with E-state index in [0.29, 0.717) is 19.5 Å². The smallest absolute Gasteiger partial charge is 0.406 e. The maximum absolute atomic E-state index is 12.7. The van der Waals surface area contributed by atoms with E-state index < -0.39 is 24.3 Å². The van der Waals surface area contributed by atoms with Crippen molar-refractivity contribution in [1.29, 1.82) is 0 Å². The molecule has 3 rings (SSSR count). The third-order valence-corrected chi connectivity index (χ3v) is 4.98. The van der Waals surface area contributed by atoms with Gasteiger partial charge in [-0.25, -0.2) is 4.79 Å². The molecule has 2 unspecified atom stereocenters. The molecule has 2 saturated heterocycles. The predicted molar refractivity (Wildman–Crippen MR) is 91.4 cm³/mol. The molecule has 0 aliphatic carbocycles. The first-order valence-electron chi connectivity index (χ1n) is 8.88. The average molecular weight is 399 g/mol. The molecule has 4 amide bonds. The highest BCUT2D eigenvalue weighted by Crippen LogP contribution is 2.31. The van der Waals surface area contributed by atoms with Gasteiger partial charge in [0.15, 0.2) is 0 Å². The Hall–Kier alpha value is -2.78. The largest absolute Gasteiger partial charge is 0.573 e. The van der Waals surface area contributed by atoms with Gasteiger partial charge in [-0.3, -0.25) is 14.5 Å². The fourth-order valence-electron chi connectivity index (χ4n) is 3.55. The van der Waals surface area contributed by atoms with Gasteiger partial charge in [0.1, 0.15) is 11.8 Å². The number of imide groups is 1. The number of halogens is 3. The zero-order valence-corrected chi connectivity index (χ0v) is 15.2. The van der Waals surface area contributed by atoms with Crippen molar-refractivity contribution in [2.75, 3.05) is 20.1 Å². The van der Waals surface area contributed by atoms with Crippen LogP contribution in [0.1, 0.15) is 30.7 Å². The molecule has 1 N–H and O–H groups in total. The van der Waals surface area contributed by atoms with Crippen LogP contribution in [0.5, 0.6) is 5.75 Å². The van der Waals surface area contributed by atoms with Gasteiger partial charge in [0.2, 0.25) is 11.8 Å². The monoisotopic (exact) mass is 399 g/mol. The first-order chi connectivity index (χ1) is 13.2. The zero-order chi connectivity index (χ0) is 20.5. The number of likely N-dealkylation sites (tertiary alicyclic amines) is 2. The number of nitrogens with one attached hydrogen (secondary N) is 1. The van der Waals surface area contributed by atoms with Crippen LogP contribution in [0, 0.1) is 0 Å². The van der Waals surface area contributed by atoms with Gasteiger partial charge in [-0.05, 0) is 30.5 Å². The summed E-state index contributed by atoms with van der Waals surface area (Å²) in [5.41, 5.74) is 0.782. The number of alkyl halides is 3. The highest BCUT2D eigenvalue weighted by molar-refractivity contribution is 6.07. The van der Waals surface area contributed by atoms with E-state index in [0.717, 1.165) is 16.9 Å². The van der Waals surface area contributed by atoms with Crippen LogP contribution < -0.4 is 10.1 Å². The first kappa shape index (κ1) is 20.0. The van der Waals surface area contributed by atoms with Crippen molar-refractivity contribution in [3.8, 4) is 5.75 Å². The number of ether oxygens (including phenoxy) is 1. The van der Waals surface area contributed by atoms with Gasteiger partial charge in [0, 0.05) is 26.1 Å². The molecule has 7 nitrogen and oxygen atoms in total. The van der Waals surface area contributed by atoms with Crippen LogP contribution in [0.15, 0.2) is 24.3 Å². The molecule has 0 aromatic heterocycles. The lowest BCUT2D eigenvalue weighted by atomic mass is 9.90. The Morgan fingerprint density at radius 2 is 1.89 bits per heavy atom. The summed E-state index contributed by atoms with van der Waals surface area (Å²) in [6.07, 6.45) is -3.30. The fourth-order valence-corrected chi connectivity index (χ4v) is 3.55. The van der Waals surface area contributed by atoms with Crippen molar-refractivity contribution in [2.24, 2.45) is 0 Å². The van der Waals surface area contributed by atoms with Crippen LogP contribution >= 0.6 is 0 Å². The van der Waals surface area contributed by atoms with E-state index in [-0.39, 0.29) is 24.0 Å². The fraction of sp³-hybridized carbons (Fsp3) is 0.500. The molecule has 0 radical (unpaired) electrons. The number of rotatable bonds is 3. The normalized spacial score (nSPS) is 22.5. The Kier molecular flexibility index (Phi) is 5.48. The molecule has 0 spiro atoms. The summed E-state index contributed by atoms with van der Waals surface area (Å²) in [6, 6.07) is 4.27. The highest BCUT2D eigenvalue weighted by atomic mass is 19.4. The average Bonchev–Trinajstić information content (AvgIpc) is 2.64. The lowest BCUT2D eigenvalue weighted by Crippen LogP contribution is -2.64. The summed E-state index contributed by atoms with van der Waals surface area (Å²) in [5, 5.41) is 2.44. The van der Waals surface area contributed by atoms with Crippen molar-refractivity contribution < 1.29 is 32.3 Å². The molecule has 10 heteroatoms. The van der Waals surface area contributed by atoms with Crippen molar-refractivity contribution >= 4 is 17.8 Å². The van der Waals surface area contributed by atoms with Crippen molar-refractivity contribution in [3.63, 3.8) is 0 Å². The van der Waals surface area contributed by atoms with Crippen LogP contribution in [-0.4, -0.2) is 60.2 Å². The second-order valence-electron chi connectivity index (χ2n) is 6.78. The third kappa shape index (κ3) is 4.20. The van der Waals surface area contributed by atoms with E-state index >= 15 is 0 Å². The standard InChI is InChI=1S/C18H20F3N3O4/c1-22-16(26)14-9-15(25)24(14)17(27)23-8-2-3-12(10-23)11-4-6-13(7-5-11)28-18(19,20)21/h4-7,12,14H,2-3,8-10H2,1H3,(H,22,26). The molecule has 0 bridgehead atoms. The second kappa shape index (κ2) is 7.69. The van der Waals surface area contributed by atoms with Crippen LogP contribution in [0.3, 0.4) is 0 Å². The maximum atomic E-state index is 12.7. The van der Waals surface area contributed by atoms with Gasteiger partial charge < -0.3 is 15.0 Å². The molecule has 28 heavy (non-hydrogen) atoms. The topological polar surface area (TPSA) is 79.0 Å². The number of likely N-dealkylation sites (N-methyl/N-ethyl adjacent to an activating group) is 1. The number of carbonyl (C=O) groups is 3. The predicted octanol–water partition coefficient (Wildman–Crippen LogP) is 2.23. The number of urea groups is 1. The summed E-state index contributed by atoms with van der Waals surface area (Å²) < 4.78 is 40.7. The van der Waals surface area contributed by atoms with E-state index in [1.54, 1.807) is 12.1 Å². The molecule has 0 saturated carbocycles. The number of amides is 4.